The van der Waals surface area contributed by atoms with Crippen LogP contribution >= 0.6 is 0 Å². The summed E-state index contributed by atoms with van der Waals surface area (Å²) in [6, 6.07) is 10.7. The van der Waals surface area contributed by atoms with Crippen LogP contribution in [0.15, 0.2) is 30.3 Å². The van der Waals surface area contributed by atoms with E-state index in [1.807, 2.05) is 7.05 Å². The zero-order valence-corrected chi connectivity index (χ0v) is 13.4. The van der Waals surface area contributed by atoms with Gasteiger partial charge in [-0.15, -0.1) is 0 Å². The average Bonchev–Trinajstić information content (AvgIpc) is 2.95. The molecule has 0 spiro atoms. The van der Waals surface area contributed by atoms with E-state index in [4.69, 9.17) is 4.74 Å². The molecule has 1 unspecified atom stereocenters. The van der Waals surface area contributed by atoms with Gasteiger partial charge in [0, 0.05) is 26.2 Å². The lowest BCUT2D eigenvalue weighted by atomic mass is 10.2. The highest BCUT2D eigenvalue weighted by Crippen LogP contribution is 2.16. The molecule has 1 aromatic rings. The molecule has 1 saturated heterocycles. The maximum atomic E-state index is 6.02. The molecule has 1 N–H and O–H groups in total. The Hall–Kier alpha value is -0.900. The quantitative estimate of drug-likeness (QED) is 0.670. The minimum atomic E-state index is 0.450. The minimum absolute atomic E-state index is 0.450. The van der Waals surface area contributed by atoms with Crippen LogP contribution in [0, 0.1) is 0 Å². The highest BCUT2D eigenvalue weighted by atomic mass is 16.5. The van der Waals surface area contributed by atoms with Crippen LogP contribution < -0.4 is 5.32 Å². The van der Waals surface area contributed by atoms with Crippen molar-refractivity contribution in [3.63, 3.8) is 0 Å². The first kappa shape index (κ1) is 16.5. The van der Waals surface area contributed by atoms with E-state index in [1.54, 1.807) is 0 Å². The first-order chi connectivity index (χ1) is 10.4. The maximum Gasteiger partial charge on any atom is 0.0714 e. The van der Waals surface area contributed by atoms with Gasteiger partial charge >= 0.3 is 0 Å². The molecule has 0 radical (unpaired) electrons. The number of nitrogens with zero attached hydrogens (tertiary/aromatic N) is 1. The Morgan fingerprint density at radius 2 is 1.95 bits per heavy atom. The maximum absolute atomic E-state index is 6.02. The molecule has 1 aliphatic heterocycles. The van der Waals surface area contributed by atoms with Gasteiger partial charge < -0.3 is 10.1 Å². The van der Waals surface area contributed by atoms with E-state index in [9.17, 15) is 0 Å². The summed E-state index contributed by atoms with van der Waals surface area (Å²) in [6.45, 7) is 5.39. The monoisotopic (exact) mass is 290 g/mol. The van der Waals surface area contributed by atoms with E-state index < -0.39 is 0 Å². The summed E-state index contributed by atoms with van der Waals surface area (Å²) in [7, 11) is 2.02. The van der Waals surface area contributed by atoms with Gasteiger partial charge in [0.25, 0.3) is 0 Å². The molecule has 3 heteroatoms. The normalized spacial score (nSPS) is 19.2. The number of ether oxygens (including phenoxy) is 1. The number of benzene rings is 1. The number of rotatable bonds is 10. The van der Waals surface area contributed by atoms with Crippen LogP contribution in [0.5, 0.6) is 0 Å². The van der Waals surface area contributed by atoms with Crippen molar-refractivity contribution in [2.24, 2.45) is 0 Å². The number of nitrogens with one attached hydrogen (secondary N) is 1. The summed E-state index contributed by atoms with van der Waals surface area (Å²) in [5.74, 6) is 0. The SMILES string of the molecule is CNCCCCCCOC1CCN(Cc2ccccc2)C1. The Bertz CT molecular complexity index is 369. The molecular formula is C18H30N2O. The van der Waals surface area contributed by atoms with Crippen LogP contribution in [-0.4, -0.2) is 44.3 Å². The molecule has 1 heterocycles. The van der Waals surface area contributed by atoms with Crippen molar-refractivity contribution in [3.05, 3.63) is 35.9 Å². The van der Waals surface area contributed by atoms with E-state index >= 15 is 0 Å². The second kappa shape index (κ2) is 9.93. The summed E-state index contributed by atoms with van der Waals surface area (Å²) >= 11 is 0. The highest BCUT2D eigenvalue weighted by Gasteiger charge is 2.22. The summed E-state index contributed by atoms with van der Waals surface area (Å²) in [6.07, 6.45) is 6.74. The molecule has 1 aromatic carbocycles. The lowest BCUT2D eigenvalue weighted by molar-refractivity contribution is 0.0558. The van der Waals surface area contributed by atoms with Crippen molar-refractivity contribution in [2.45, 2.75) is 44.8 Å². The first-order valence-electron chi connectivity index (χ1n) is 8.41. The predicted octanol–water partition coefficient (Wildman–Crippen LogP) is 3.06. The largest absolute Gasteiger partial charge is 0.377 e. The molecule has 1 aliphatic rings. The third-order valence-electron chi connectivity index (χ3n) is 4.15. The van der Waals surface area contributed by atoms with Crippen LogP contribution in [0.1, 0.15) is 37.7 Å². The molecule has 0 aromatic heterocycles. The molecule has 0 aliphatic carbocycles. The Kier molecular flexibility index (Phi) is 7.79. The fraction of sp³-hybridized carbons (Fsp3) is 0.667. The zero-order valence-electron chi connectivity index (χ0n) is 13.4. The summed E-state index contributed by atoms with van der Waals surface area (Å²) < 4.78 is 6.02. The van der Waals surface area contributed by atoms with E-state index in [2.05, 4.69) is 40.5 Å². The van der Waals surface area contributed by atoms with Crippen molar-refractivity contribution in [1.82, 2.24) is 10.2 Å². The second-order valence-electron chi connectivity index (χ2n) is 6.02. The van der Waals surface area contributed by atoms with Gasteiger partial charge in [0.1, 0.15) is 0 Å². The third kappa shape index (κ3) is 6.60. The molecule has 0 saturated carbocycles. The van der Waals surface area contributed by atoms with Gasteiger partial charge in [-0.1, -0.05) is 43.2 Å². The molecule has 21 heavy (non-hydrogen) atoms. The second-order valence-corrected chi connectivity index (χ2v) is 6.02. The molecule has 1 fully saturated rings. The van der Waals surface area contributed by atoms with Crippen LogP contribution in [-0.2, 0) is 11.3 Å². The van der Waals surface area contributed by atoms with E-state index in [0.29, 0.717) is 6.10 Å². The molecule has 0 amide bonds. The third-order valence-corrected chi connectivity index (χ3v) is 4.15. The standard InChI is InChI=1S/C18H30N2O/c1-19-12-7-2-3-8-14-21-18-11-13-20(16-18)15-17-9-5-4-6-10-17/h4-6,9-10,18-19H,2-3,7-8,11-16H2,1H3. The minimum Gasteiger partial charge on any atom is -0.377 e. The molecule has 1 atom stereocenters. The average molecular weight is 290 g/mol. The molecule has 3 nitrogen and oxygen atoms in total. The predicted molar refractivity (Wildman–Crippen MR) is 88.5 cm³/mol. The lowest BCUT2D eigenvalue weighted by Crippen LogP contribution is -2.23. The number of hydrogen-bond donors (Lipinski definition) is 1. The van der Waals surface area contributed by atoms with Gasteiger partial charge in [0.05, 0.1) is 6.10 Å². The molecule has 118 valence electrons. The zero-order chi connectivity index (χ0) is 14.8. The smallest absolute Gasteiger partial charge is 0.0714 e. The number of hydrogen-bond acceptors (Lipinski definition) is 3. The fourth-order valence-corrected chi connectivity index (χ4v) is 2.93. The summed E-state index contributed by atoms with van der Waals surface area (Å²) in [5.41, 5.74) is 1.41. The van der Waals surface area contributed by atoms with Gasteiger partial charge in [0.2, 0.25) is 0 Å². The highest BCUT2D eigenvalue weighted by molar-refractivity contribution is 5.14. The lowest BCUT2D eigenvalue weighted by Gasteiger charge is -2.16. The Balaban J connectivity index is 1.52. The summed E-state index contributed by atoms with van der Waals surface area (Å²) in [5, 5.41) is 3.19. The van der Waals surface area contributed by atoms with Gasteiger partial charge in [-0.05, 0) is 38.4 Å². The fourth-order valence-electron chi connectivity index (χ4n) is 2.93. The first-order valence-corrected chi connectivity index (χ1v) is 8.41. The van der Waals surface area contributed by atoms with Crippen LogP contribution in [0.2, 0.25) is 0 Å². The van der Waals surface area contributed by atoms with Gasteiger partial charge in [-0.2, -0.15) is 0 Å². The van der Waals surface area contributed by atoms with E-state index in [0.717, 1.165) is 26.2 Å². The molecule has 0 bridgehead atoms. The Morgan fingerprint density at radius 3 is 2.76 bits per heavy atom. The Morgan fingerprint density at radius 1 is 1.14 bits per heavy atom. The van der Waals surface area contributed by atoms with Crippen LogP contribution in [0.4, 0.5) is 0 Å². The number of unbranched alkanes of at least 4 members (excludes halogenated alkanes) is 3. The van der Waals surface area contributed by atoms with Crippen molar-refractivity contribution in [2.75, 3.05) is 33.3 Å². The van der Waals surface area contributed by atoms with Crippen LogP contribution in [0.25, 0.3) is 0 Å². The molecular weight excluding hydrogens is 260 g/mol. The van der Waals surface area contributed by atoms with Gasteiger partial charge in [0.15, 0.2) is 0 Å². The van der Waals surface area contributed by atoms with Crippen molar-refractivity contribution < 1.29 is 4.74 Å². The van der Waals surface area contributed by atoms with Crippen LogP contribution in [0.3, 0.4) is 0 Å². The van der Waals surface area contributed by atoms with Gasteiger partial charge in [-0.3, -0.25) is 4.90 Å². The molecule has 2 rings (SSSR count). The van der Waals surface area contributed by atoms with Crippen molar-refractivity contribution >= 4 is 0 Å². The summed E-state index contributed by atoms with van der Waals surface area (Å²) in [4.78, 5) is 2.51. The van der Waals surface area contributed by atoms with Crippen molar-refractivity contribution in [1.29, 1.82) is 0 Å². The van der Waals surface area contributed by atoms with Crippen molar-refractivity contribution in [3.8, 4) is 0 Å². The Labute approximate surface area is 129 Å². The van der Waals surface area contributed by atoms with Gasteiger partial charge in [-0.25, -0.2) is 0 Å². The van der Waals surface area contributed by atoms with E-state index in [-0.39, 0.29) is 0 Å². The number of likely N-dealkylation sites (tertiary alicyclic amines) is 1. The van der Waals surface area contributed by atoms with E-state index in [1.165, 1.54) is 44.2 Å². The topological polar surface area (TPSA) is 24.5 Å².